The maximum Gasteiger partial charge on any atom is 0.326 e. The third-order valence-corrected chi connectivity index (χ3v) is 3.90. The minimum atomic E-state index is -0.895. The molecule has 0 bridgehead atoms. The van der Waals surface area contributed by atoms with Gasteiger partial charge in [-0.3, -0.25) is 4.79 Å². The highest BCUT2D eigenvalue weighted by Crippen LogP contribution is 2.33. The van der Waals surface area contributed by atoms with Crippen LogP contribution in [0.3, 0.4) is 0 Å². The van der Waals surface area contributed by atoms with E-state index < -0.39 is 12.0 Å². The van der Waals surface area contributed by atoms with Gasteiger partial charge >= 0.3 is 5.97 Å². The SMILES string of the molecule is O=C(CCC1CCC1)NC(CC1CC1)C(=O)O. The Bertz CT molecular complexity index is 295. The van der Waals surface area contributed by atoms with Gasteiger partial charge < -0.3 is 10.4 Å². The number of hydrogen-bond donors (Lipinski definition) is 2. The van der Waals surface area contributed by atoms with E-state index in [2.05, 4.69) is 5.32 Å². The molecule has 2 saturated carbocycles. The fraction of sp³-hybridized carbons (Fsp3) is 0.846. The van der Waals surface area contributed by atoms with Gasteiger partial charge in [0.25, 0.3) is 0 Å². The molecular weight excluding hydrogens is 218 g/mol. The molecule has 2 aliphatic carbocycles. The van der Waals surface area contributed by atoms with Gasteiger partial charge in [-0.25, -0.2) is 4.79 Å². The summed E-state index contributed by atoms with van der Waals surface area (Å²) in [5.74, 6) is 0.231. The maximum atomic E-state index is 11.6. The van der Waals surface area contributed by atoms with E-state index in [1.165, 1.54) is 19.3 Å². The molecular formula is C13H21NO3. The van der Waals surface area contributed by atoms with E-state index in [0.29, 0.717) is 24.7 Å². The number of carboxylic acids is 1. The number of carboxylic acid groups (broad SMARTS) is 1. The molecule has 0 aromatic rings. The van der Waals surface area contributed by atoms with Gasteiger partial charge in [0.1, 0.15) is 6.04 Å². The zero-order valence-electron chi connectivity index (χ0n) is 10.2. The van der Waals surface area contributed by atoms with Crippen LogP contribution in [0.2, 0.25) is 0 Å². The first kappa shape index (κ1) is 12.4. The molecule has 4 heteroatoms. The average Bonchev–Trinajstić information content (AvgIpc) is 2.98. The quantitative estimate of drug-likeness (QED) is 0.713. The Morgan fingerprint density at radius 1 is 1.18 bits per heavy atom. The zero-order valence-corrected chi connectivity index (χ0v) is 10.2. The Labute approximate surface area is 102 Å². The number of carbonyl (C=O) groups is 2. The Morgan fingerprint density at radius 3 is 2.35 bits per heavy atom. The van der Waals surface area contributed by atoms with Crippen molar-refractivity contribution in [2.75, 3.05) is 0 Å². The molecule has 0 radical (unpaired) electrons. The fourth-order valence-corrected chi connectivity index (χ4v) is 2.29. The van der Waals surface area contributed by atoms with Crippen LogP contribution in [-0.4, -0.2) is 23.0 Å². The summed E-state index contributed by atoms with van der Waals surface area (Å²) in [7, 11) is 0. The molecule has 2 rings (SSSR count). The second-order valence-electron chi connectivity index (χ2n) is 5.47. The molecule has 0 spiro atoms. The van der Waals surface area contributed by atoms with Crippen LogP contribution < -0.4 is 5.32 Å². The topological polar surface area (TPSA) is 66.4 Å². The highest BCUT2D eigenvalue weighted by atomic mass is 16.4. The van der Waals surface area contributed by atoms with Crippen LogP contribution in [0.25, 0.3) is 0 Å². The second kappa shape index (κ2) is 5.52. The van der Waals surface area contributed by atoms with E-state index in [1.54, 1.807) is 0 Å². The monoisotopic (exact) mass is 239 g/mol. The summed E-state index contributed by atoms with van der Waals surface area (Å²) in [6.07, 6.45) is 7.98. The maximum absolute atomic E-state index is 11.6. The summed E-state index contributed by atoms with van der Waals surface area (Å²) in [5, 5.41) is 11.7. The second-order valence-corrected chi connectivity index (χ2v) is 5.47. The molecule has 2 fully saturated rings. The number of aliphatic carboxylic acids is 1. The predicted molar refractivity (Wildman–Crippen MR) is 63.5 cm³/mol. The van der Waals surface area contributed by atoms with Gasteiger partial charge in [-0.2, -0.15) is 0 Å². The van der Waals surface area contributed by atoms with Crippen LogP contribution in [-0.2, 0) is 9.59 Å². The van der Waals surface area contributed by atoms with Crippen molar-refractivity contribution >= 4 is 11.9 Å². The summed E-state index contributed by atoms with van der Waals surface area (Å²) in [5.41, 5.74) is 0. The first-order valence-electron chi connectivity index (χ1n) is 6.67. The Morgan fingerprint density at radius 2 is 1.88 bits per heavy atom. The van der Waals surface area contributed by atoms with Crippen molar-refractivity contribution in [1.29, 1.82) is 0 Å². The van der Waals surface area contributed by atoms with Crippen molar-refractivity contribution in [2.24, 2.45) is 11.8 Å². The van der Waals surface area contributed by atoms with Crippen molar-refractivity contribution < 1.29 is 14.7 Å². The van der Waals surface area contributed by atoms with Crippen LogP contribution in [0.1, 0.15) is 51.4 Å². The third-order valence-electron chi connectivity index (χ3n) is 3.90. The third kappa shape index (κ3) is 4.02. The van der Waals surface area contributed by atoms with Crippen molar-refractivity contribution in [3.8, 4) is 0 Å². The van der Waals surface area contributed by atoms with Crippen molar-refractivity contribution in [1.82, 2.24) is 5.32 Å². The first-order valence-corrected chi connectivity index (χ1v) is 6.67. The molecule has 0 aromatic carbocycles. The molecule has 1 amide bonds. The summed E-state index contributed by atoms with van der Waals surface area (Å²) in [4.78, 5) is 22.6. The molecule has 4 nitrogen and oxygen atoms in total. The van der Waals surface area contributed by atoms with E-state index in [0.717, 1.165) is 19.3 Å². The predicted octanol–water partition coefficient (Wildman–Crippen LogP) is 1.94. The molecule has 0 aromatic heterocycles. The van der Waals surface area contributed by atoms with Gasteiger partial charge in [-0.15, -0.1) is 0 Å². The Kier molecular flexibility index (Phi) is 4.02. The zero-order chi connectivity index (χ0) is 12.3. The molecule has 0 heterocycles. The summed E-state index contributed by atoms with van der Waals surface area (Å²) < 4.78 is 0. The van der Waals surface area contributed by atoms with Crippen molar-refractivity contribution in [2.45, 2.75) is 57.4 Å². The van der Waals surface area contributed by atoms with Crippen molar-refractivity contribution in [3.05, 3.63) is 0 Å². The van der Waals surface area contributed by atoms with Gasteiger partial charge in [0, 0.05) is 6.42 Å². The van der Waals surface area contributed by atoms with Gasteiger partial charge in [-0.05, 0) is 24.7 Å². The summed E-state index contributed by atoms with van der Waals surface area (Å²) in [6.45, 7) is 0. The van der Waals surface area contributed by atoms with Gasteiger partial charge in [-0.1, -0.05) is 32.1 Å². The molecule has 0 saturated heterocycles. The minimum Gasteiger partial charge on any atom is -0.480 e. The van der Waals surface area contributed by atoms with Crippen LogP contribution >= 0.6 is 0 Å². The number of amides is 1. The highest BCUT2D eigenvalue weighted by Gasteiger charge is 2.30. The van der Waals surface area contributed by atoms with Gasteiger partial charge in [0.05, 0.1) is 0 Å². The lowest BCUT2D eigenvalue weighted by atomic mass is 9.82. The lowest BCUT2D eigenvalue weighted by molar-refractivity contribution is -0.142. The molecule has 1 unspecified atom stereocenters. The van der Waals surface area contributed by atoms with E-state index in [4.69, 9.17) is 5.11 Å². The molecule has 1 atom stereocenters. The van der Waals surface area contributed by atoms with E-state index in [-0.39, 0.29) is 5.91 Å². The minimum absolute atomic E-state index is 0.0926. The molecule has 2 N–H and O–H groups in total. The Balaban J connectivity index is 1.67. The molecule has 96 valence electrons. The van der Waals surface area contributed by atoms with Crippen LogP contribution in [0, 0.1) is 11.8 Å². The first-order chi connectivity index (χ1) is 8.15. The largest absolute Gasteiger partial charge is 0.480 e. The lowest BCUT2D eigenvalue weighted by Crippen LogP contribution is -2.41. The van der Waals surface area contributed by atoms with E-state index in [9.17, 15) is 9.59 Å². The number of carbonyl (C=O) groups excluding carboxylic acids is 1. The normalized spacial score (nSPS) is 21.6. The number of rotatable bonds is 7. The summed E-state index contributed by atoms with van der Waals surface area (Å²) in [6, 6.07) is -0.670. The van der Waals surface area contributed by atoms with Gasteiger partial charge in [0.15, 0.2) is 0 Å². The lowest BCUT2D eigenvalue weighted by Gasteiger charge is -2.25. The number of hydrogen-bond acceptors (Lipinski definition) is 2. The van der Waals surface area contributed by atoms with Crippen molar-refractivity contribution in [3.63, 3.8) is 0 Å². The molecule has 17 heavy (non-hydrogen) atoms. The van der Waals surface area contributed by atoms with E-state index in [1.807, 2.05) is 0 Å². The van der Waals surface area contributed by atoms with Crippen LogP contribution in [0.15, 0.2) is 0 Å². The van der Waals surface area contributed by atoms with Gasteiger partial charge in [0.2, 0.25) is 5.91 Å². The highest BCUT2D eigenvalue weighted by molar-refractivity contribution is 5.83. The van der Waals surface area contributed by atoms with Crippen LogP contribution in [0.4, 0.5) is 0 Å². The fourth-order valence-electron chi connectivity index (χ4n) is 2.29. The van der Waals surface area contributed by atoms with Crippen LogP contribution in [0.5, 0.6) is 0 Å². The average molecular weight is 239 g/mol. The molecule has 2 aliphatic rings. The summed E-state index contributed by atoms with van der Waals surface area (Å²) >= 11 is 0. The smallest absolute Gasteiger partial charge is 0.326 e. The number of nitrogens with one attached hydrogen (secondary N) is 1. The Hall–Kier alpha value is -1.06. The standard InChI is InChI=1S/C13H21NO3/c15-12(7-6-9-2-1-3-9)14-11(13(16)17)8-10-4-5-10/h9-11H,1-8H2,(H,14,15)(H,16,17). The van der Waals surface area contributed by atoms with E-state index >= 15 is 0 Å². The molecule has 0 aliphatic heterocycles.